The number of carboxylic acid groups (broad SMARTS) is 1. The van der Waals surface area contributed by atoms with Crippen molar-refractivity contribution in [2.75, 3.05) is 0 Å². The molecule has 0 heterocycles. The van der Waals surface area contributed by atoms with Gasteiger partial charge in [0, 0.05) is 1.37 Å². The second-order valence-electron chi connectivity index (χ2n) is 1.28. The summed E-state index contributed by atoms with van der Waals surface area (Å²) in [6.07, 6.45) is -1.65. The summed E-state index contributed by atoms with van der Waals surface area (Å²) in [5.74, 6) is -1.63. The predicted molar refractivity (Wildman–Crippen MR) is 27.3 cm³/mol. The zero-order valence-corrected chi connectivity index (χ0v) is 4.16. The first-order valence-corrected chi connectivity index (χ1v) is 1.92. The fraction of sp³-hybridized carbons (Fsp3) is 0.750. The van der Waals surface area contributed by atoms with Crippen LogP contribution in [0.3, 0.4) is 0 Å². The van der Waals surface area contributed by atoms with E-state index in [1.54, 1.807) is 0 Å². The van der Waals surface area contributed by atoms with Gasteiger partial charge in [-0.1, -0.05) is 0 Å². The summed E-state index contributed by atoms with van der Waals surface area (Å²) in [6.45, 7) is -0.591. The molecule has 0 bridgehead atoms. The fourth-order valence-electron chi connectivity index (χ4n) is 0.143. The van der Waals surface area contributed by atoms with Gasteiger partial charge in [-0.3, -0.25) is 4.79 Å². The first kappa shape index (κ1) is 4.29. The number of carbonyl (C=O) groups is 1. The van der Waals surface area contributed by atoms with E-state index in [0.29, 0.717) is 0 Å². The Bertz CT molecular complexity index is 138. The van der Waals surface area contributed by atoms with Gasteiger partial charge in [-0.05, 0) is 6.90 Å². The van der Waals surface area contributed by atoms with E-state index in [1.807, 2.05) is 0 Å². The third kappa shape index (κ3) is 1.90. The molecule has 4 N–H and O–H groups in total. The maximum absolute atomic E-state index is 10.1. The molecule has 0 fully saturated rings. The molecule has 4 nitrogen and oxygen atoms in total. The summed E-state index contributed by atoms with van der Waals surface area (Å²) in [6, 6.07) is -2.46. The predicted octanol–water partition coefficient (Wildman–Crippen LogP) is -1.22. The number of nitrogens with two attached hydrogens (primary N) is 1. The van der Waals surface area contributed by atoms with Crippen molar-refractivity contribution in [3.05, 3.63) is 0 Å². The molecule has 0 aromatic carbocycles. The Morgan fingerprint density at radius 1 is 2.12 bits per heavy atom. The normalized spacial score (nSPS) is 24.8. The number of aliphatic carboxylic acids is 1. The van der Waals surface area contributed by atoms with Crippen LogP contribution in [0.2, 0.25) is 0 Å². The minimum atomic E-state index is -2.46. The Morgan fingerprint density at radius 3 is 2.75 bits per heavy atom. The minimum absolute atomic E-state index is 0.591. The first-order valence-electron chi connectivity index (χ1n) is 3.13. The van der Waals surface area contributed by atoms with Gasteiger partial charge in [0.15, 0.2) is 0 Å². The summed E-state index contributed by atoms with van der Waals surface area (Å²) in [5, 5.41) is 16.9. The molecule has 0 spiro atoms. The van der Waals surface area contributed by atoms with Crippen LogP contribution in [0.25, 0.3) is 0 Å². The van der Waals surface area contributed by atoms with Crippen molar-refractivity contribution >= 4 is 5.97 Å². The zero-order chi connectivity index (χ0) is 8.36. The molecule has 0 aliphatic heterocycles. The number of hydrogen-bond acceptors (Lipinski definition) is 3. The monoisotopic (exact) mass is 121 g/mol. The molecule has 0 aliphatic rings. The van der Waals surface area contributed by atoms with Crippen molar-refractivity contribution < 1.29 is 17.7 Å². The standard InChI is InChI=1S/C4H9NO3/c1-2(6)3(5)4(7)8/h2-3,6H,5H2,1H3,(H,7,8)/t2-,3+/m1/s1/i1D,3D. The van der Waals surface area contributed by atoms with Gasteiger partial charge in [-0.15, -0.1) is 0 Å². The van der Waals surface area contributed by atoms with Gasteiger partial charge in [-0.2, -0.15) is 0 Å². The van der Waals surface area contributed by atoms with E-state index in [9.17, 15) is 4.79 Å². The van der Waals surface area contributed by atoms with E-state index in [0.717, 1.165) is 0 Å². The maximum Gasteiger partial charge on any atom is 0.323 e. The van der Waals surface area contributed by atoms with Gasteiger partial charge in [0.1, 0.15) is 6.02 Å². The quantitative estimate of drug-likeness (QED) is 0.427. The van der Waals surface area contributed by atoms with Crippen LogP contribution in [0.5, 0.6) is 0 Å². The van der Waals surface area contributed by atoms with Gasteiger partial charge in [0.05, 0.1) is 7.47 Å². The van der Waals surface area contributed by atoms with E-state index in [2.05, 4.69) is 0 Å². The Labute approximate surface area is 49.7 Å². The highest BCUT2D eigenvalue weighted by Crippen LogP contribution is 1.85. The van der Waals surface area contributed by atoms with Crippen LogP contribution in [-0.4, -0.2) is 28.3 Å². The van der Waals surface area contributed by atoms with Gasteiger partial charge < -0.3 is 15.9 Å². The largest absolute Gasteiger partial charge is 0.480 e. The molecule has 0 amide bonds. The first-order chi connectivity index (χ1) is 4.42. The van der Waals surface area contributed by atoms with Crippen molar-refractivity contribution in [2.45, 2.75) is 19.0 Å². The van der Waals surface area contributed by atoms with Crippen molar-refractivity contribution in [3.8, 4) is 0 Å². The average Bonchev–Trinajstić information content (AvgIpc) is 1.86. The molecule has 0 saturated heterocycles. The Balaban J connectivity index is 4.23. The molecular formula is C4H9NO3. The molecule has 0 unspecified atom stereocenters. The van der Waals surface area contributed by atoms with Gasteiger partial charge in [-0.25, -0.2) is 0 Å². The lowest BCUT2D eigenvalue weighted by molar-refractivity contribution is -0.140. The molecule has 0 aromatic heterocycles. The highest BCUT2D eigenvalue weighted by atomic mass is 16.4. The highest BCUT2D eigenvalue weighted by Gasteiger charge is 2.16. The van der Waals surface area contributed by atoms with Crippen molar-refractivity contribution in [2.24, 2.45) is 5.73 Å². The number of aliphatic hydroxyl groups is 1. The lowest BCUT2D eigenvalue weighted by atomic mass is 10.2. The van der Waals surface area contributed by atoms with E-state index < -0.39 is 25.0 Å². The minimum Gasteiger partial charge on any atom is -0.480 e. The second kappa shape index (κ2) is 2.64. The summed E-state index contributed by atoms with van der Waals surface area (Å²) < 4.78 is 13.3. The van der Waals surface area contributed by atoms with Crippen LogP contribution in [0.1, 0.15) is 9.64 Å². The smallest absolute Gasteiger partial charge is 0.323 e. The molecule has 0 saturated carbocycles. The molecule has 0 aromatic rings. The Kier molecular flexibility index (Phi) is 1.41. The number of carboxylic acids is 1. The van der Waals surface area contributed by atoms with E-state index >= 15 is 0 Å². The van der Waals surface area contributed by atoms with Crippen LogP contribution in [0.4, 0.5) is 0 Å². The van der Waals surface area contributed by atoms with Crippen LogP contribution >= 0.6 is 0 Å². The second-order valence-corrected chi connectivity index (χ2v) is 1.28. The molecule has 0 radical (unpaired) electrons. The average molecular weight is 121 g/mol. The van der Waals surface area contributed by atoms with Gasteiger partial charge in [0.25, 0.3) is 0 Å². The molecule has 4 heteroatoms. The number of hydrogen-bond donors (Lipinski definition) is 3. The SMILES string of the molecule is [2H]C[C@@H](O)[C@]([2H])(N)C(=O)O. The van der Waals surface area contributed by atoms with Crippen LogP contribution < -0.4 is 5.73 Å². The maximum atomic E-state index is 10.1. The lowest BCUT2D eigenvalue weighted by Gasteiger charge is -2.06. The Morgan fingerprint density at radius 2 is 2.62 bits per heavy atom. The van der Waals surface area contributed by atoms with E-state index in [-0.39, 0.29) is 0 Å². The summed E-state index contributed by atoms with van der Waals surface area (Å²) >= 11 is 0. The van der Waals surface area contributed by atoms with E-state index in [4.69, 9.17) is 18.7 Å². The lowest BCUT2D eigenvalue weighted by Crippen LogP contribution is -2.39. The van der Waals surface area contributed by atoms with Gasteiger partial charge in [0.2, 0.25) is 0 Å². The highest BCUT2D eigenvalue weighted by molar-refractivity contribution is 5.73. The fourth-order valence-corrected chi connectivity index (χ4v) is 0.143. The van der Waals surface area contributed by atoms with Crippen LogP contribution in [0.15, 0.2) is 0 Å². The summed E-state index contributed by atoms with van der Waals surface area (Å²) in [5.41, 5.74) is 4.81. The molecule has 48 valence electrons. The molecule has 2 atom stereocenters. The number of aliphatic hydroxyl groups excluding tert-OH is 1. The van der Waals surface area contributed by atoms with Crippen LogP contribution in [-0.2, 0) is 4.79 Å². The summed E-state index contributed by atoms with van der Waals surface area (Å²) in [7, 11) is 0. The van der Waals surface area contributed by atoms with Crippen molar-refractivity contribution in [3.63, 3.8) is 0 Å². The third-order valence-corrected chi connectivity index (χ3v) is 0.606. The number of rotatable bonds is 2. The molecule has 0 rings (SSSR count). The van der Waals surface area contributed by atoms with Crippen molar-refractivity contribution in [1.29, 1.82) is 0 Å². The third-order valence-electron chi connectivity index (χ3n) is 0.606. The molecular weight excluding hydrogens is 110 g/mol. The zero-order valence-electron chi connectivity index (χ0n) is 6.16. The topological polar surface area (TPSA) is 83.5 Å². The van der Waals surface area contributed by atoms with Crippen LogP contribution in [0, 0.1) is 0 Å². The molecule has 0 aliphatic carbocycles. The van der Waals surface area contributed by atoms with Crippen molar-refractivity contribution in [1.82, 2.24) is 0 Å². The molecule has 8 heavy (non-hydrogen) atoms. The van der Waals surface area contributed by atoms with Gasteiger partial charge >= 0.3 is 5.97 Å². The summed E-state index contributed by atoms with van der Waals surface area (Å²) in [4.78, 5) is 10.1. The van der Waals surface area contributed by atoms with E-state index in [1.165, 1.54) is 0 Å². The Hall–Kier alpha value is -0.610.